The minimum atomic E-state index is -0.556. The molecule has 1 unspecified atom stereocenters. The molecule has 0 radical (unpaired) electrons. The molecule has 6 heteroatoms. The van der Waals surface area contributed by atoms with Crippen molar-refractivity contribution in [1.82, 2.24) is 4.90 Å². The van der Waals surface area contributed by atoms with Crippen LogP contribution >= 0.6 is 27.2 Å². The van der Waals surface area contributed by atoms with Crippen molar-refractivity contribution < 1.29 is 22.1 Å². The molecule has 0 saturated carbocycles. The van der Waals surface area contributed by atoms with E-state index in [1.54, 1.807) is 0 Å². The number of para-hydroxylation sites is 1. The first-order valence-electron chi connectivity index (χ1n) is 9.29. The van der Waals surface area contributed by atoms with Crippen LogP contribution in [0.25, 0.3) is 0 Å². The Balaban J connectivity index is 0.000000941. The van der Waals surface area contributed by atoms with E-state index in [1.807, 2.05) is 25.1 Å². The van der Waals surface area contributed by atoms with Gasteiger partial charge in [-0.2, -0.15) is 0 Å². The summed E-state index contributed by atoms with van der Waals surface area (Å²) in [6.45, 7) is 5.93. The molecule has 29 heavy (non-hydrogen) atoms. The van der Waals surface area contributed by atoms with Crippen molar-refractivity contribution in [2.24, 2.45) is 0 Å². The zero-order valence-corrected chi connectivity index (χ0v) is 21.0. The minimum absolute atomic E-state index is 0.428. The average molecular weight is 482 g/mol. The summed E-state index contributed by atoms with van der Waals surface area (Å²) in [7, 11) is 12.4. The number of nitrogens with zero attached hydrogens (tertiary/aromatic N) is 1. The summed E-state index contributed by atoms with van der Waals surface area (Å²) in [6.07, 6.45) is 0. The molecule has 0 heterocycles. The van der Waals surface area contributed by atoms with E-state index in [0.717, 1.165) is 24.0 Å². The van der Waals surface area contributed by atoms with Crippen LogP contribution in [0.3, 0.4) is 0 Å². The summed E-state index contributed by atoms with van der Waals surface area (Å²) < 4.78 is 0. The molecular weight excluding hydrogens is 456 g/mol. The Morgan fingerprint density at radius 2 is 1.48 bits per heavy atom. The fourth-order valence-corrected chi connectivity index (χ4v) is 4.54. The Morgan fingerprint density at radius 3 is 2.17 bits per heavy atom. The second kappa shape index (κ2) is 12.8. The van der Waals surface area contributed by atoms with Gasteiger partial charge >= 0.3 is 35.6 Å². The third-order valence-corrected chi connectivity index (χ3v) is 6.23. The quantitative estimate of drug-likeness (QED) is 0.363. The molecule has 0 amide bonds. The number of aromatic hydroxyl groups is 1. The third kappa shape index (κ3) is 7.72. The van der Waals surface area contributed by atoms with E-state index in [1.165, 1.54) is 22.0 Å². The molecular formula is C23H26Cl2NOPTi. The maximum atomic E-state index is 10.4. The summed E-state index contributed by atoms with van der Waals surface area (Å²) >= 11 is -0.556. The second-order valence-corrected chi connectivity index (χ2v) is 10.8. The number of benzene rings is 3. The van der Waals surface area contributed by atoms with E-state index in [4.69, 9.17) is 18.6 Å². The molecule has 152 valence electrons. The summed E-state index contributed by atoms with van der Waals surface area (Å²) in [6, 6.07) is 23.1. The average Bonchev–Trinajstić information content (AvgIpc) is 2.69. The Bertz CT molecular complexity index is 909. The molecule has 2 nitrogen and oxygen atoms in total. The van der Waals surface area contributed by atoms with E-state index >= 15 is 0 Å². The Labute approximate surface area is 192 Å². The normalized spacial score (nSPS) is 10.8. The van der Waals surface area contributed by atoms with Gasteiger partial charge in [-0.25, -0.2) is 0 Å². The molecule has 1 atom stereocenters. The number of hydrogen-bond acceptors (Lipinski definition) is 2. The van der Waals surface area contributed by atoms with Gasteiger partial charge in [0.2, 0.25) is 0 Å². The number of rotatable bonds is 6. The van der Waals surface area contributed by atoms with Crippen molar-refractivity contribution in [3.63, 3.8) is 0 Å². The predicted octanol–water partition coefficient (Wildman–Crippen LogP) is 5.65. The van der Waals surface area contributed by atoms with Crippen LogP contribution in [0.4, 0.5) is 0 Å². The van der Waals surface area contributed by atoms with E-state index in [2.05, 4.69) is 67.4 Å². The van der Waals surface area contributed by atoms with E-state index < -0.39 is 17.0 Å². The van der Waals surface area contributed by atoms with Crippen molar-refractivity contribution in [3.05, 3.63) is 89.0 Å². The van der Waals surface area contributed by atoms with Crippen molar-refractivity contribution in [1.29, 1.82) is 0 Å². The van der Waals surface area contributed by atoms with Gasteiger partial charge < -0.3 is 5.11 Å². The Hall–Kier alpha value is -0.856. The van der Waals surface area contributed by atoms with Crippen LogP contribution in [0.1, 0.15) is 22.3 Å². The summed E-state index contributed by atoms with van der Waals surface area (Å²) in [5.74, 6) is 0.428. The maximum absolute atomic E-state index is 10.4. The monoisotopic (exact) mass is 481 g/mol. The number of halogens is 2. The van der Waals surface area contributed by atoms with E-state index in [9.17, 15) is 5.11 Å². The number of phenolic OH excluding ortho intramolecular Hbond substituents is 1. The molecule has 1 N–H and O–H groups in total. The van der Waals surface area contributed by atoms with Gasteiger partial charge in [-0.3, -0.25) is 4.90 Å². The molecule has 0 aliphatic carbocycles. The van der Waals surface area contributed by atoms with Crippen molar-refractivity contribution in [3.8, 4) is 5.75 Å². The summed E-state index contributed by atoms with van der Waals surface area (Å²) in [5.41, 5.74) is 4.88. The molecule has 0 spiro atoms. The number of hydrogen-bond donors (Lipinski definition) is 1. The first-order chi connectivity index (χ1) is 14.0. The SMILES string of the molecule is Cc1cccc(Pc2c(C)cccc2CN(C)Cc2ccccc2)c1O.[Cl][Ti][Cl]. The van der Waals surface area contributed by atoms with Gasteiger partial charge in [0.15, 0.2) is 0 Å². The molecule has 0 aliphatic rings. The van der Waals surface area contributed by atoms with Gasteiger partial charge in [-0.15, -0.1) is 0 Å². The van der Waals surface area contributed by atoms with E-state index in [0.29, 0.717) is 14.3 Å². The van der Waals surface area contributed by atoms with Crippen LogP contribution in [0.5, 0.6) is 5.75 Å². The molecule has 3 aromatic rings. The molecule has 0 aromatic heterocycles. The Morgan fingerprint density at radius 1 is 0.862 bits per heavy atom. The number of aryl methyl sites for hydroxylation is 2. The van der Waals surface area contributed by atoms with Gasteiger partial charge in [0, 0.05) is 18.4 Å². The Kier molecular flexibility index (Phi) is 10.7. The topological polar surface area (TPSA) is 23.5 Å². The van der Waals surface area contributed by atoms with Gasteiger partial charge in [-0.1, -0.05) is 75.3 Å². The van der Waals surface area contributed by atoms with Crippen LogP contribution in [0.15, 0.2) is 66.7 Å². The van der Waals surface area contributed by atoms with Crippen molar-refractivity contribution in [2.75, 3.05) is 7.05 Å². The fraction of sp³-hybridized carbons (Fsp3) is 0.217. The van der Waals surface area contributed by atoms with Crippen LogP contribution in [0.2, 0.25) is 0 Å². The zero-order valence-electron chi connectivity index (χ0n) is 16.9. The summed E-state index contributed by atoms with van der Waals surface area (Å²) in [5, 5.41) is 12.8. The van der Waals surface area contributed by atoms with Gasteiger partial charge in [0.05, 0.1) is 0 Å². The first kappa shape index (κ1) is 24.4. The molecule has 3 aromatic carbocycles. The van der Waals surface area contributed by atoms with Gasteiger partial charge in [-0.05, 0) is 48.5 Å². The van der Waals surface area contributed by atoms with Crippen LogP contribution < -0.4 is 10.6 Å². The molecule has 3 rings (SSSR count). The first-order valence-corrected chi connectivity index (χ1v) is 14.6. The van der Waals surface area contributed by atoms with Crippen molar-refractivity contribution in [2.45, 2.75) is 26.9 Å². The molecule has 0 bridgehead atoms. The van der Waals surface area contributed by atoms with Gasteiger partial charge in [0.1, 0.15) is 5.75 Å². The molecule has 0 saturated heterocycles. The molecule has 0 aliphatic heterocycles. The predicted molar refractivity (Wildman–Crippen MR) is 125 cm³/mol. The van der Waals surface area contributed by atoms with Crippen molar-refractivity contribution >= 4 is 37.8 Å². The standard InChI is InChI=1S/C23H26NOP.2ClH.Ti/c1-17-9-8-14-21(22(17)25)26-23-18(2)10-7-13-20(23)16-24(3)15-19-11-5-4-6-12-19;;;/h4-14,25-26H,15-16H2,1-3H3;2*1H;/q;;;+2/p-2. The van der Waals surface area contributed by atoms with E-state index in [-0.39, 0.29) is 0 Å². The fourth-order valence-electron chi connectivity index (χ4n) is 3.18. The summed E-state index contributed by atoms with van der Waals surface area (Å²) in [4.78, 5) is 2.34. The second-order valence-electron chi connectivity index (χ2n) is 6.93. The van der Waals surface area contributed by atoms with Crippen LogP contribution in [-0.4, -0.2) is 17.1 Å². The number of phenols is 1. The third-order valence-electron chi connectivity index (χ3n) is 4.59. The zero-order chi connectivity index (χ0) is 21.2. The molecule has 0 fully saturated rings. The van der Waals surface area contributed by atoms with Crippen LogP contribution in [0, 0.1) is 13.8 Å². The van der Waals surface area contributed by atoms with Gasteiger partial charge in [0.25, 0.3) is 0 Å². The van der Waals surface area contributed by atoms with Crippen LogP contribution in [-0.2, 0) is 30.1 Å².